The number of hydrogen-bond acceptors (Lipinski definition) is 16. The lowest BCUT2D eigenvalue weighted by Crippen LogP contribution is -2.56. The second-order valence-electron chi connectivity index (χ2n) is 26.9. The lowest BCUT2D eigenvalue weighted by atomic mass is 9.84. The third kappa shape index (κ3) is 12.9. The number of fused-ring (bicyclic) bond motifs is 4. The van der Waals surface area contributed by atoms with Crippen molar-refractivity contribution in [3.05, 3.63) is 131 Å². The quantitative estimate of drug-likeness (QED) is 0.0483. The molecule has 94 heavy (non-hydrogen) atoms. The van der Waals surface area contributed by atoms with Gasteiger partial charge in [-0.2, -0.15) is 0 Å². The average molecular weight is 1290 g/mol. The summed E-state index contributed by atoms with van der Waals surface area (Å²) in [5.74, 6) is 0.778. The first-order chi connectivity index (χ1) is 45.2. The highest BCUT2D eigenvalue weighted by Gasteiger charge is 2.68. The molecular formula is C73H96N12O9. The van der Waals surface area contributed by atoms with E-state index < -0.39 is 11.1 Å². The Bertz CT molecular complexity index is 3760. The number of rotatable bonds is 22. The average Bonchev–Trinajstić information content (AvgIpc) is 1.55. The van der Waals surface area contributed by atoms with Gasteiger partial charge in [0.25, 0.3) is 11.8 Å². The van der Waals surface area contributed by atoms with E-state index in [0.717, 1.165) is 81.4 Å². The summed E-state index contributed by atoms with van der Waals surface area (Å²) in [7, 11) is 15.4. The Kier molecular flexibility index (Phi) is 20.4. The van der Waals surface area contributed by atoms with Crippen LogP contribution in [0.15, 0.2) is 109 Å². The van der Waals surface area contributed by atoms with Crippen molar-refractivity contribution in [2.24, 2.45) is 11.8 Å². The molecular weight excluding hydrogens is 1190 g/mol. The maximum atomic E-state index is 14.8. The largest absolute Gasteiger partial charge is 0.495 e. The third-order valence-corrected chi connectivity index (χ3v) is 20.5. The number of methoxy groups -OCH3 is 2. The number of carbonyl (C=O) groups excluding carboxylic acids is 5. The summed E-state index contributed by atoms with van der Waals surface area (Å²) in [4.78, 5) is 90.7. The fourth-order valence-electron chi connectivity index (χ4n) is 15.7. The number of amides is 7. The molecule has 502 valence electrons. The van der Waals surface area contributed by atoms with Crippen LogP contribution in [0.2, 0.25) is 0 Å². The summed E-state index contributed by atoms with van der Waals surface area (Å²) in [5.41, 5.74) is 11.8. The van der Waals surface area contributed by atoms with E-state index in [2.05, 4.69) is 109 Å². The normalized spacial score (nSPS) is 23.2. The Labute approximate surface area is 554 Å². The monoisotopic (exact) mass is 1280 g/mol. The Morgan fingerprint density at radius 2 is 0.979 bits per heavy atom. The molecule has 6 aromatic carbocycles. The van der Waals surface area contributed by atoms with Crippen LogP contribution >= 0.6 is 0 Å². The number of ether oxygens (including phenoxy) is 4. The molecule has 0 unspecified atom stereocenters. The molecule has 7 amide bonds. The molecule has 6 aliphatic rings. The van der Waals surface area contributed by atoms with E-state index in [1.165, 1.54) is 9.80 Å². The lowest BCUT2D eigenvalue weighted by Gasteiger charge is -2.37. The van der Waals surface area contributed by atoms with Crippen LogP contribution in [0.4, 0.5) is 32.3 Å². The molecule has 0 aliphatic carbocycles. The molecule has 6 heterocycles. The first-order valence-electron chi connectivity index (χ1n) is 33.3. The number of carbonyl (C=O) groups is 5. The lowest BCUT2D eigenvalue weighted by molar-refractivity contribution is -0.136. The topological polar surface area (TPSA) is 193 Å². The van der Waals surface area contributed by atoms with E-state index in [9.17, 15) is 24.0 Å². The first-order valence-corrected chi connectivity index (χ1v) is 33.3. The summed E-state index contributed by atoms with van der Waals surface area (Å²) in [5, 5.41) is 7.42. The van der Waals surface area contributed by atoms with Crippen LogP contribution in [0.5, 0.6) is 11.5 Å². The molecule has 3 N–H and O–H groups in total. The van der Waals surface area contributed by atoms with Crippen molar-refractivity contribution >= 4 is 74.1 Å². The van der Waals surface area contributed by atoms with Crippen molar-refractivity contribution < 1.29 is 42.9 Å². The van der Waals surface area contributed by atoms with Crippen LogP contribution in [0.3, 0.4) is 0 Å². The Hall–Kier alpha value is -8.05. The molecule has 6 atom stereocenters. The first kappa shape index (κ1) is 67.4. The Morgan fingerprint density at radius 3 is 1.38 bits per heavy atom. The third-order valence-electron chi connectivity index (χ3n) is 20.5. The van der Waals surface area contributed by atoms with Gasteiger partial charge >= 0.3 is 12.1 Å². The van der Waals surface area contributed by atoms with Gasteiger partial charge in [0.05, 0.1) is 64.1 Å². The number of hydrogen-bond donors (Lipinski definition) is 2. The number of benzene rings is 6. The molecule has 0 aromatic heterocycles. The molecule has 0 bridgehead atoms. The van der Waals surface area contributed by atoms with Gasteiger partial charge < -0.3 is 49.6 Å². The minimum Gasteiger partial charge on any atom is -0.495 e. The van der Waals surface area contributed by atoms with Crippen molar-refractivity contribution in [2.75, 3.05) is 169 Å². The summed E-state index contributed by atoms with van der Waals surface area (Å²) < 4.78 is 21.9. The van der Waals surface area contributed by atoms with Crippen LogP contribution < -0.4 is 30.3 Å². The van der Waals surface area contributed by atoms with Crippen LogP contribution in [0, 0.1) is 11.8 Å². The number of morpholine rings is 2. The Balaban J connectivity index is 0.000000192. The number of likely N-dealkylation sites (N-methyl/N-ethyl adjacent to an activating group) is 2. The van der Waals surface area contributed by atoms with Crippen LogP contribution in [0.25, 0.3) is 21.5 Å². The smallest absolute Gasteiger partial charge is 0.328 e. The molecule has 6 saturated heterocycles. The number of imide groups is 2. The number of nitrogens with one attached hydrogen (secondary N) is 1. The molecule has 0 saturated carbocycles. The number of nitrogen functional groups attached to an aromatic ring is 1. The van der Waals surface area contributed by atoms with Gasteiger partial charge in [-0.1, -0.05) is 93.6 Å². The number of urea groups is 2. The van der Waals surface area contributed by atoms with E-state index in [1.54, 1.807) is 14.2 Å². The van der Waals surface area contributed by atoms with E-state index in [4.69, 9.17) is 24.7 Å². The number of nitrogens with two attached hydrogens (primary N) is 1. The minimum atomic E-state index is -1.03. The molecule has 6 fully saturated rings. The Morgan fingerprint density at radius 1 is 0.564 bits per heavy atom. The zero-order valence-corrected chi connectivity index (χ0v) is 56.9. The van der Waals surface area contributed by atoms with Gasteiger partial charge in [0.1, 0.15) is 22.6 Å². The van der Waals surface area contributed by atoms with Crippen LogP contribution in [-0.4, -0.2) is 228 Å². The van der Waals surface area contributed by atoms with Gasteiger partial charge in [-0.05, 0) is 108 Å². The van der Waals surface area contributed by atoms with Crippen molar-refractivity contribution in [1.82, 2.24) is 39.2 Å². The fraction of sp³-hybridized carbons (Fsp3) is 0.493. The van der Waals surface area contributed by atoms with Crippen LogP contribution in [0.1, 0.15) is 74.4 Å². The van der Waals surface area contributed by atoms with Crippen molar-refractivity contribution in [1.29, 1.82) is 0 Å². The molecule has 6 aliphatic heterocycles. The molecule has 21 heteroatoms. The van der Waals surface area contributed by atoms with Gasteiger partial charge in [-0.3, -0.25) is 43.8 Å². The van der Waals surface area contributed by atoms with E-state index >= 15 is 0 Å². The van der Waals surface area contributed by atoms with Gasteiger partial charge in [0.15, 0.2) is 0 Å². The molecule has 12 rings (SSSR count). The minimum absolute atomic E-state index is 0.0528. The van der Waals surface area contributed by atoms with Gasteiger partial charge in [0, 0.05) is 135 Å². The summed E-state index contributed by atoms with van der Waals surface area (Å²) in [6.45, 7) is 15.8. The zero-order valence-electron chi connectivity index (χ0n) is 56.9. The van der Waals surface area contributed by atoms with E-state index in [1.807, 2.05) is 108 Å². The molecule has 6 aromatic rings. The van der Waals surface area contributed by atoms with Gasteiger partial charge in [0.2, 0.25) is 5.91 Å². The maximum Gasteiger partial charge on any atom is 0.328 e. The highest BCUT2D eigenvalue weighted by atomic mass is 16.5. The SMILES string of the molecule is CCC(=O)Nc1cc(CN(C)C[C@]23C(=O)N(CCN4CCOCC4)C(=O)N2[C@@H](c2ccc(N(C)C)c4ccccc24)C[C@@H]3C)ccc1OC.COc1ccc(CN(C)C[C@]23C(=O)N(CCN4CCOCC4)C(=O)N2[C@@H](c2ccc(N(C)C)c4ccccc24)C[C@@H]3C)cc1N. The van der Waals surface area contributed by atoms with E-state index in [-0.39, 0.29) is 53.7 Å². The number of nitrogens with zero attached hydrogens (tertiary/aromatic N) is 10. The predicted molar refractivity (Wildman–Crippen MR) is 369 cm³/mol. The predicted octanol–water partition coefficient (Wildman–Crippen LogP) is 8.86. The van der Waals surface area contributed by atoms with Gasteiger partial charge in [-0.15, -0.1) is 0 Å². The van der Waals surface area contributed by atoms with Crippen molar-refractivity contribution in [3.8, 4) is 11.5 Å². The molecule has 0 spiro atoms. The van der Waals surface area contributed by atoms with E-state index in [0.29, 0.717) is 121 Å². The maximum absolute atomic E-state index is 14.8. The highest BCUT2D eigenvalue weighted by molar-refractivity contribution is 6.10. The van der Waals surface area contributed by atoms with Crippen LogP contribution in [-0.2, 0) is 36.9 Å². The molecule has 21 nitrogen and oxygen atoms in total. The van der Waals surface area contributed by atoms with Gasteiger partial charge in [-0.25, -0.2) is 9.59 Å². The summed E-state index contributed by atoms with van der Waals surface area (Å²) in [6.07, 6.45) is 1.75. The summed E-state index contributed by atoms with van der Waals surface area (Å²) in [6, 6.07) is 36.0. The zero-order chi connectivity index (χ0) is 66.8. The number of anilines is 4. The van der Waals surface area contributed by atoms with Crippen molar-refractivity contribution in [3.63, 3.8) is 0 Å². The second kappa shape index (κ2) is 28.5. The van der Waals surface area contributed by atoms with Crippen molar-refractivity contribution in [2.45, 2.75) is 76.3 Å². The second-order valence-corrected chi connectivity index (χ2v) is 26.9. The summed E-state index contributed by atoms with van der Waals surface area (Å²) >= 11 is 0. The highest BCUT2D eigenvalue weighted by Crippen LogP contribution is 2.55. The standard InChI is InChI=1S/C38H50N6O5.C35H46N6O4/c1-7-35(45)39-31-23-27(12-15-34(31)48-6)24-41(5)25-38-26(2)22-33(30-13-14-32(40(3)4)29-11-9-8-10-28(29)30)44(38)37(47)43(36(38)46)17-16-42-18-20-49-21-19-42;1-24-20-31(28-11-12-30(37(2)3)27-9-7-6-8-26(27)28)41-34(43)40(15-14-39-16-18-45-19-17-39)33(42)35(24,41)23-38(4)22-25-10-13-32(44-5)29(36)21-25/h8-15,23,26,33H,7,16-22,24-25H2,1-6H3,(H,39,45);6-13,21,24,31H,14-20,22-23,36H2,1-5H3/t26-,33+,38-;24-,31+,35-/m00/s1. The fourth-order valence-corrected chi connectivity index (χ4v) is 15.7. The molecule has 0 radical (unpaired) electrons.